The highest BCUT2D eigenvalue weighted by Gasteiger charge is 2.35. The molecule has 2 atom stereocenters. The average Bonchev–Trinajstić information content (AvgIpc) is 3.51. The smallest absolute Gasteiger partial charge is 0.232 e. The first-order valence-electron chi connectivity index (χ1n) is 12.2. The molecule has 35 heavy (non-hydrogen) atoms. The zero-order valence-corrected chi connectivity index (χ0v) is 19.6. The van der Waals surface area contributed by atoms with Crippen molar-refractivity contribution in [2.24, 2.45) is 5.92 Å². The van der Waals surface area contributed by atoms with Crippen molar-refractivity contribution in [1.82, 2.24) is 10.5 Å². The van der Waals surface area contributed by atoms with Crippen molar-refractivity contribution in [3.8, 4) is 0 Å². The van der Waals surface area contributed by atoms with E-state index in [2.05, 4.69) is 27.9 Å². The van der Waals surface area contributed by atoms with Crippen LogP contribution in [0.5, 0.6) is 0 Å². The zero-order valence-electron chi connectivity index (χ0n) is 19.6. The summed E-state index contributed by atoms with van der Waals surface area (Å²) in [5, 5.41) is 10.2. The lowest BCUT2D eigenvalue weighted by Crippen LogP contribution is -2.39. The van der Waals surface area contributed by atoms with Crippen molar-refractivity contribution >= 4 is 23.4 Å². The van der Waals surface area contributed by atoms with E-state index in [9.17, 15) is 9.59 Å². The molecule has 0 bridgehead atoms. The molecular weight excluding hydrogens is 444 g/mol. The van der Waals surface area contributed by atoms with Crippen LogP contribution in [0, 0.1) is 5.92 Å². The number of hydrogen-bond acceptors (Lipinski definition) is 6. The Bertz CT molecular complexity index is 1140. The Hall–Kier alpha value is -3.49. The summed E-state index contributed by atoms with van der Waals surface area (Å²) in [6.45, 7) is 2.82. The van der Waals surface area contributed by atoms with Crippen LogP contribution >= 0.6 is 0 Å². The molecule has 8 nitrogen and oxygen atoms in total. The number of hydrogen-bond donors (Lipinski definition) is 2. The highest BCUT2D eigenvalue weighted by atomic mass is 16.5. The molecule has 3 aromatic rings. The van der Waals surface area contributed by atoms with E-state index in [-0.39, 0.29) is 24.3 Å². The number of amides is 2. The van der Waals surface area contributed by atoms with Crippen molar-refractivity contribution in [2.45, 2.75) is 31.8 Å². The quantitative estimate of drug-likeness (QED) is 0.521. The first-order valence-corrected chi connectivity index (χ1v) is 12.2. The van der Waals surface area contributed by atoms with E-state index in [4.69, 9.17) is 9.26 Å². The molecule has 2 aliphatic heterocycles. The minimum absolute atomic E-state index is 0.0566. The van der Waals surface area contributed by atoms with Crippen molar-refractivity contribution < 1.29 is 18.8 Å². The van der Waals surface area contributed by atoms with Gasteiger partial charge in [0.15, 0.2) is 0 Å². The summed E-state index contributed by atoms with van der Waals surface area (Å²) in [6, 6.07) is 19.8. The number of carbonyl (C=O) groups excluding carboxylic acids is 2. The molecule has 2 unspecified atom stereocenters. The fraction of sp³-hybridized carbons (Fsp3) is 0.370. The fourth-order valence-corrected chi connectivity index (χ4v) is 4.59. The van der Waals surface area contributed by atoms with Gasteiger partial charge < -0.3 is 19.5 Å². The molecule has 0 saturated carbocycles. The van der Waals surface area contributed by atoms with Crippen molar-refractivity contribution in [3.05, 3.63) is 77.5 Å². The second-order valence-corrected chi connectivity index (χ2v) is 9.13. The third-order valence-corrected chi connectivity index (χ3v) is 6.53. The van der Waals surface area contributed by atoms with Crippen molar-refractivity contribution in [1.29, 1.82) is 0 Å². The van der Waals surface area contributed by atoms with E-state index >= 15 is 0 Å². The molecule has 0 radical (unpaired) electrons. The van der Waals surface area contributed by atoms with Gasteiger partial charge in [-0.1, -0.05) is 47.6 Å². The molecule has 2 saturated heterocycles. The molecule has 0 spiro atoms. The summed E-state index contributed by atoms with van der Waals surface area (Å²) in [5.41, 5.74) is 3.97. The predicted molar refractivity (Wildman–Crippen MR) is 132 cm³/mol. The van der Waals surface area contributed by atoms with E-state index < -0.39 is 5.92 Å². The number of benzene rings is 2. The van der Waals surface area contributed by atoms with Gasteiger partial charge in [0.2, 0.25) is 17.7 Å². The van der Waals surface area contributed by atoms with Crippen molar-refractivity contribution in [2.75, 3.05) is 36.5 Å². The summed E-state index contributed by atoms with van der Waals surface area (Å²) in [4.78, 5) is 27.1. The fourth-order valence-electron chi connectivity index (χ4n) is 4.59. The molecule has 1 aromatic heterocycles. The van der Waals surface area contributed by atoms with Gasteiger partial charge in [-0.25, -0.2) is 0 Å². The molecule has 2 aromatic carbocycles. The molecule has 182 valence electrons. The van der Waals surface area contributed by atoms with Gasteiger partial charge in [-0.15, -0.1) is 0 Å². The number of ether oxygens (including phenoxy) is 1. The van der Waals surface area contributed by atoms with Crippen LogP contribution in [0.15, 0.2) is 65.2 Å². The Labute approximate surface area is 204 Å². The van der Waals surface area contributed by atoms with Gasteiger partial charge in [-0.3, -0.25) is 14.9 Å². The molecule has 2 aliphatic rings. The molecule has 8 heteroatoms. The number of nitrogens with one attached hydrogen (secondary N) is 2. The van der Waals surface area contributed by atoms with Crippen LogP contribution in [0.25, 0.3) is 0 Å². The Kier molecular flexibility index (Phi) is 7.20. The minimum atomic E-state index is -0.443. The van der Waals surface area contributed by atoms with Crippen LogP contribution < -0.4 is 15.5 Å². The van der Waals surface area contributed by atoms with Gasteiger partial charge in [0.25, 0.3) is 0 Å². The van der Waals surface area contributed by atoms with E-state index in [1.165, 1.54) is 5.56 Å². The van der Waals surface area contributed by atoms with Crippen LogP contribution in [0.2, 0.25) is 0 Å². The standard InChI is InChI=1S/C27H30N4O4/c32-26-15-21(18-31(26)23-10-7-20(8-11-23)14-24-17-28-12-13-34-24)27(33)29-25-16-22(30-35-25)9-6-19-4-2-1-3-5-19/h1-5,7-8,10-11,16,21,24,28H,6,9,12-15,17-18H2,(H,29,33). The van der Waals surface area contributed by atoms with Crippen LogP contribution in [0.3, 0.4) is 0 Å². The molecule has 0 aliphatic carbocycles. The number of aromatic nitrogens is 1. The average molecular weight is 475 g/mol. The van der Waals surface area contributed by atoms with Gasteiger partial charge in [-0.2, -0.15) is 0 Å². The Balaban J connectivity index is 1.13. The number of carbonyl (C=O) groups is 2. The minimum Gasteiger partial charge on any atom is -0.375 e. The Morgan fingerprint density at radius 1 is 1.09 bits per heavy atom. The van der Waals surface area contributed by atoms with E-state index in [0.717, 1.165) is 55.9 Å². The summed E-state index contributed by atoms with van der Waals surface area (Å²) < 4.78 is 11.1. The van der Waals surface area contributed by atoms with Crippen LogP contribution in [-0.2, 0) is 33.6 Å². The molecule has 2 fully saturated rings. The van der Waals surface area contributed by atoms with Gasteiger partial charge in [0.05, 0.1) is 24.3 Å². The highest BCUT2D eigenvalue weighted by molar-refractivity contribution is 6.03. The normalized spacial score (nSPS) is 20.2. The molecule has 2 amide bonds. The number of aryl methyl sites for hydroxylation is 2. The first kappa shape index (κ1) is 23.3. The molecule has 3 heterocycles. The lowest BCUT2D eigenvalue weighted by molar-refractivity contribution is -0.122. The number of morpholine rings is 1. The second-order valence-electron chi connectivity index (χ2n) is 9.13. The zero-order chi connectivity index (χ0) is 24.0. The van der Waals surface area contributed by atoms with Gasteiger partial charge >= 0.3 is 0 Å². The summed E-state index contributed by atoms with van der Waals surface area (Å²) >= 11 is 0. The van der Waals surface area contributed by atoms with Gasteiger partial charge in [-0.05, 0) is 42.5 Å². The molecule has 5 rings (SSSR count). The Morgan fingerprint density at radius 2 is 1.91 bits per heavy atom. The summed E-state index contributed by atoms with van der Waals surface area (Å²) in [6.07, 6.45) is 2.74. The van der Waals surface area contributed by atoms with Gasteiger partial charge in [0, 0.05) is 37.8 Å². The van der Waals surface area contributed by atoms with Gasteiger partial charge in [0.1, 0.15) is 0 Å². The maximum absolute atomic E-state index is 12.8. The predicted octanol–water partition coefficient (Wildman–Crippen LogP) is 2.98. The SMILES string of the molecule is O=C(Nc1cc(CCc2ccccc2)no1)C1CC(=O)N(c2ccc(CC3CNCCO3)cc2)C1. The number of anilines is 2. The highest BCUT2D eigenvalue weighted by Crippen LogP contribution is 2.27. The number of nitrogens with zero attached hydrogens (tertiary/aromatic N) is 2. The van der Waals surface area contributed by atoms with Crippen LogP contribution in [0.1, 0.15) is 23.2 Å². The first-order chi connectivity index (χ1) is 17.1. The molecule has 2 N–H and O–H groups in total. The van der Waals surface area contributed by atoms with E-state index in [1.807, 2.05) is 42.5 Å². The topological polar surface area (TPSA) is 96.7 Å². The Morgan fingerprint density at radius 3 is 2.69 bits per heavy atom. The maximum atomic E-state index is 12.8. The van der Waals surface area contributed by atoms with Crippen LogP contribution in [0.4, 0.5) is 11.6 Å². The largest absolute Gasteiger partial charge is 0.375 e. The molecular formula is C27H30N4O4. The third kappa shape index (κ3) is 5.96. The van der Waals surface area contributed by atoms with E-state index in [1.54, 1.807) is 11.0 Å². The lowest BCUT2D eigenvalue weighted by atomic mass is 10.1. The number of rotatable bonds is 8. The third-order valence-electron chi connectivity index (χ3n) is 6.53. The second kappa shape index (κ2) is 10.8. The van der Waals surface area contributed by atoms with E-state index in [0.29, 0.717) is 12.4 Å². The maximum Gasteiger partial charge on any atom is 0.232 e. The summed E-state index contributed by atoms with van der Waals surface area (Å²) in [7, 11) is 0. The lowest BCUT2D eigenvalue weighted by Gasteiger charge is -2.24. The van der Waals surface area contributed by atoms with Crippen molar-refractivity contribution in [3.63, 3.8) is 0 Å². The summed E-state index contributed by atoms with van der Waals surface area (Å²) in [5.74, 6) is -0.418. The monoisotopic (exact) mass is 474 g/mol. The van der Waals surface area contributed by atoms with Crippen LogP contribution in [-0.4, -0.2) is 49.3 Å².